The lowest BCUT2D eigenvalue weighted by Crippen LogP contribution is -2.32. The second kappa shape index (κ2) is 7.61. The maximum absolute atomic E-state index is 11.9. The molecule has 2 aromatic carbocycles. The molecule has 0 saturated carbocycles. The molecule has 1 heterocycles. The quantitative estimate of drug-likeness (QED) is 0.861. The molecule has 1 atom stereocenters. The fourth-order valence-corrected chi connectivity index (χ4v) is 2.90. The van der Waals surface area contributed by atoms with Crippen molar-refractivity contribution in [1.82, 2.24) is 5.43 Å². The van der Waals surface area contributed by atoms with Crippen LogP contribution in [0.4, 0.5) is 10.5 Å². The minimum Gasteiger partial charge on any atom is -0.444 e. The number of ether oxygens (including phenoxy) is 1. The Morgan fingerprint density at radius 1 is 1.11 bits per heavy atom. The maximum Gasteiger partial charge on any atom is 0.412 e. The fraction of sp³-hybridized carbons (Fsp3) is 0.286. The zero-order chi connectivity index (χ0) is 19.4. The predicted octanol–water partition coefficient (Wildman–Crippen LogP) is 4.04. The van der Waals surface area contributed by atoms with Crippen LogP contribution in [0.5, 0.6) is 0 Å². The largest absolute Gasteiger partial charge is 0.444 e. The van der Waals surface area contributed by atoms with E-state index in [1.165, 1.54) is 0 Å². The Morgan fingerprint density at radius 3 is 2.41 bits per heavy atom. The molecule has 0 fully saturated rings. The standard InChI is InChI=1S/C21H23N3O3/c1-21(2,3)27-20(26)22-16-11-9-15(10-12-16)19-17(13-18(25)23-24-19)14-7-5-4-6-8-14/h4-12,17H,13H2,1-3H3,(H,22,26)(H,23,25). The average molecular weight is 365 g/mol. The Kier molecular flexibility index (Phi) is 5.26. The smallest absolute Gasteiger partial charge is 0.412 e. The first-order chi connectivity index (χ1) is 12.8. The van der Waals surface area contributed by atoms with Crippen LogP contribution in [0.3, 0.4) is 0 Å². The maximum atomic E-state index is 11.9. The third-order valence-electron chi connectivity index (χ3n) is 4.05. The van der Waals surface area contributed by atoms with E-state index in [2.05, 4.69) is 15.8 Å². The van der Waals surface area contributed by atoms with Crippen LogP contribution < -0.4 is 10.7 Å². The van der Waals surface area contributed by atoms with Crippen molar-refractivity contribution in [2.75, 3.05) is 5.32 Å². The van der Waals surface area contributed by atoms with Gasteiger partial charge in [0.05, 0.1) is 5.71 Å². The number of benzene rings is 2. The molecule has 1 aliphatic rings. The summed E-state index contributed by atoms with van der Waals surface area (Å²) in [6, 6.07) is 17.2. The van der Waals surface area contributed by atoms with Crippen LogP contribution in [-0.2, 0) is 9.53 Å². The fourth-order valence-electron chi connectivity index (χ4n) is 2.90. The van der Waals surface area contributed by atoms with E-state index in [1.807, 2.05) is 63.2 Å². The molecule has 140 valence electrons. The van der Waals surface area contributed by atoms with Gasteiger partial charge in [-0.15, -0.1) is 0 Å². The number of amides is 2. The summed E-state index contributed by atoms with van der Waals surface area (Å²) < 4.78 is 5.25. The molecular formula is C21H23N3O3. The minimum atomic E-state index is -0.554. The highest BCUT2D eigenvalue weighted by atomic mass is 16.6. The van der Waals surface area contributed by atoms with E-state index in [0.29, 0.717) is 12.1 Å². The van der Waals surface area contributed by atoms with Gasteiger partial charge in [-0.1, -0.05) is 42.5 Å². The molecule has 6 nitrogen and oxygen atoms in total. The van der Waals surface area contributed by atoms with Crippen LogP contribution in [0.1, 0.15) is 44.2 Å². The number of anilines is 1. The van der Waals surface area contributed by atoms with Crippen molar-refractivity contribution in [1.29, 1.82) is 0 Å². The van der Waals surface area contributed by atoms with Gasteiger partial charge in [0.25, 0.3) is 0 Å². The molecule has 2 amide bonds. The molecule has 0 radical (unpaired) electrons. The molecule has 1 aliphatic heterocycles. The van der Waals surface area contributed by atoms with Gasteiger partial charge in [0.1, 0.15) is 5.60 Å². The summed E-state index contributed by atoms with van der Waals surface area (Å²) in [5.41, 5.74) is 5.37. The molecule has 2 aromatic rings. The summed E-state index contributed by atoms with van der Waals surface area (Å²) >= 11 is 0. The van der Waals surface area contributed by atoms with E-state index in [9.17, 15) is 9.59 Å². The molecule has 1 unspecified atom stereocenters. The van der Waals surface area contributed by atoms with Crippen molar-refractivity contribution in [2.45, 2.75) is 38.7 Å². The number of nitrogens with zero attached hydrogens (tertiary/aromatic N) is 1. The van der Waals surface area contributed by atoms with Gasteiger partial charge < -0.3 is 4.74 Å². The van der Waals surface area contributed by atoms with Gasteiger partial charge >= 0.3 is 6.09 Å². The highest BCUT2D eigenvalue weighted by molar-refractivity contribution is 6.09. The lowest BCUT2D eigenvalue weighted by molar-refractivity contribution is -0.121. The Morgan fingerprint density at radius 2 is 1.78 bits per heavy atom. The van der Waals surface area contributed by atoms with Crippen molar-refractivity contribution in [3.63, 3.8) is 0 Å². The molecule has 0 aliphatic carbocycles. The Hall–Kier alpha value is -3.15. The van der Waals surface area contributed by atoms with Gasteiger partial charge in [-0.3, -0.25) is 10.1 Å². The van der Waals surface area contributed by atoms with Crippen LogP contribution in [0.15, 0.2) is 59.7 Å². The monoisotopic (exact) mass is 365 g/mol. The Bertz CT molecular complexity index is 852. The first-order valence-electron chi connectivity index (χ1n) is 8.83. The molecule has 0 spiro atoms. The van der Waals surface area contributed by atoms with Gasteiger partial charge in [-0.25, -0.2) is 10.2 Å². The molecule has 27 heavy (non-hydrogen) atoms. The normalized spacial score (nSPS) is 16.9. The summed E-state index contributed by atoms with van der Waals surface area (Å²) in [7, 11) is 0. The predicted molar refractivity (Wildman–Crippen MR) is 105 cm³/mol. The SMILES string of the molecule is CC(C)(C)OC(=O)Nc1ccc(C2=NNC(=O)CC2c2ccccc2)cc1. The van der Waals surface area contributed by atoms with E-state index in [1.54, 1.807) is 12.1 Å². The second-order valence-electron chi connectivity index (χ2n) is 7.40. The van der Waals surface area contributed by atoms with Gasteiger partial charge in [-0.2, -0.15) is 5.10 Å². The lowest BCUT2D eigenvalue weighted by atomic mass is 9.86. The van der Waals surface area contributed by atoms with Crippen LogP contribution in [0.2, 0.25) is 0 Å². The Labute approximate surface area is 158 Å². The van der Waals surface area contributed by atoms with Crippen LogP contribution in [0, 0.1) is 0 Å². The minimum absolute atomic E-state index is 0.101. The van der Waals surface area contributed by atoms with Crippen molar-refractivity contribution < 1.29 is 14.3 Å². The molecule has 6 heteroatoms. The van der Waals surface area contributed by atoms with Crippen molar-refractivity contribution >= 4 is 23.4 Å². The second-order valence-corrected chi connectivity index (χ2v) is 7.40. The van der Waals surface area contributed by atoms with Gasteiger partial charge in [-0.05, 0) is 44.0 Å². The first kappa shape index (κ1) is 18.6. The topological polar surface area (TPSA) is 79.8 Å². The van der Waals surface area contributed by atoms with E-state index in [0.717, 1.165) is 16.8 Å². The summed E-state index contributed by atoms with van der Waals surface area (Å²) in [5.74, 6) is -0.208. The van der Waals surface area contributed by atoms with E-state index >= 15 is 0 Å². The molecular weight excluding hydrogens is 342 g/mol. The number of rotatable bonds is 3. The number of nitrogens with one attached hydrogen (secondary N) is 2. The number of carbonyl (C=O) groups is 2. The van der Waals surface area contributed by atoms with Gasteiger partial charge in [0, 0.05) is 18.0 Å². The third kappa shape index (κ3) is 4.94. The Balaban J connectivity index is 1.79. The highest BCUT2D eigenvalue weighted by Gasteiger charge is 2.27. The zero-order valence-corrected chi connectivity index (χ0v) is 15.7. The number of carbonyl (C=O) groups excluding carboxylic acids is 2. The van der Waals surface area contributed by atoms with Gasteiger partial charge in [0.2, 0.25) is 5.91 Å². The summed E-state index contributed by atoms with van der Waals surface area (Å²) in [6.07, 6.45) is -0.152. The number of hydrazone groups is 1. The van der Waals surface area contributed by atoms with Gasteiger partial charge in [0.15, 0.2) is 0 Å². The molecule has 0 bridgehead atoms. The van der Waals surface area contributed by atoms with E-state index in [-0.39, 0.29) is 11.8 Å². The number of hydrogen-bond acceptors (Lipinski definition) is 4. The lowest BCUT2D eigenvalue weighted by Gasteiger charge is -2.23. The van der Waals surface area contributed by atoms with Crippen LogP contribution in [-0.4, -0.2) is 23.3 Å². The van der Waals surface area contributed by atoms with Crippen LogP contribution >= 0.6 is 0 Å². The molecule has 2 N–H and O–H groups in total. The van der Waals surface area contributed by atoms with E-state index in [4.69, 9.17) is 4.74 Å². The summed E-state index contributed by atoms with van der Waals surface area (Å²) in [4.78, 5) is 23.7. The summed E-state index contributed by atoms with van der Waals surface area (Å²) in [6.45, 7) is 5.44. The average Bonchev–Trinajstić information content (AvgIpc) is 2.61. The third-order valence-corrected chi connectivity index (χ3v) is 4.05. The number of hydrogen-bond donors (Lipinski definition) is 2. The van der Waals surface area contributed by atoms with Crippen LogP contribution in [0.25, 0.3) is 0 Å². The first-order valence-corrected chi connectivity index (χ1v) is 8.83. The van der Waals surface area contributed by atoms with Crippen molar-refractivity contribution in [3.05, 3.63) is 65.7 Å². The zero-order valence-electron chi connectivity index (χ0n) is 15.7. The van der Waals surface area contributed by atoms with Crippen molar-refractivity contribution in [2.24, 2.45) is 5.10 Å². The van der Waals surface area contributed by atoms with Crippen molar-refractivity contribution in [3.8, 4) is 0 Å². The van der Waals surface area contributed by atoms with E-state index < -0.39 is 11.7 Å². The molecule has 0 saturated heterocycles. The molecule has 0 aromatic heterocycles. The highest BCUT2D eigenvalue weighted by Crippen LogP contribution is 2.28. The summed E-state index contributed by atoms with van der Waals surface area (Å²) in [5, 5.41) is 6.99. The molecule has 3 rings (SSSR count).